The Labute approximate surface area is 76.5 Å². The number of aromatic amines is 1. The number of nitrogens with two attached hydrogens (primary N) is 1. The Balaban J connectivity index is 2.57. The van der Waals surface area contributed by atoms with Crippen LogP contribution in [0.25, 0.3) is 0 Å². The molecule has 0 aliphatic carbocycles. The smallest absolute Gasteiger partial charge is 0.169 e. The second-order valence-corrected chi connectivity index (χ2v) is 2.55. The predicted molar refractivity (Wildman–Crippen MR) is 50.0 cm³/mol. The van der Waals surface area contributed by atoms with E-state index in [1.807, 2.05) is 0 Å². The quantitative estimate of drug-likeness (QED) is 0.534. The van der Waals surface area contributed by atoms with Crippen molar-refractivity contribution in [2.24, 2.45) is 0 Å². The molecule has 3 N–H and O–H groups in total. The van der Waals surface area contributed by atoms with Gasteiger partial charge in [0, 0.05) is 12.8 Å². The largest absolute Gasteiger partial charge is 0.383 e. The predicted octanol–water partition coefficient (Wildman–Crippen LogP) is 0.978. The Morgan fingerprint density at radius 3 is 3.08 bits per heavy atom. The van der Waals surface area contributed by atoms with Gasteiger partial charge in [-0.05, 0) is 6.92 Å². The summed E-state index contributed by atoms with van der Waals surface area (Å²) in [7, 11) is 0. The summed E-state index contributed by atoms with van der Waals surface area (Å²) in [5.41, 5.74) is 5.93. The highest BCUT2D eigenvalue weighted by Crippen LogP contribution is 2.09. The first kappa shape index (κ1) is 9.33. The topological polar surface area (TPSA) is 71.8 Å². The molecule has 0 bridgehead atoms. The molecule has 0 aliphatic rings. The summed E-state index contributed by atoms with van der Waals surface area (Å²) >= 11 is 0. The average molecular weight is 177 g/mol. The van der Waals surface area contributed by atoms with Crippen LogP contribution in [0.4, 0.5) is 5.82 Å². The SMILES string of the molecule is CC#CCCC(=O)c1cn[nH]c1N. The number of nitrogens with one attached hydrogen (secondary N) is 1. The van der Waals surface area contributed by atoms with Gasteiger partial charge in [0.25, 0.3) is 0 Å². The second-order valence-electron chi connectivity index (χ2n) is 2.55. The van der Waals surface area contributed by atoms with E-state index in [9.17, 15) is 4.79 Å². The molecule has 68 valence electrons. The summed E-state index contributed by atoms with van der Waals surface area (Å²) in [6.45, 7) is 1.75. The number of rotatable bonds is 3. The van der Waals surface area contributed by atoms with Crippen LogP contribution in [0.1, 0.15) is 30.1 Å². The summed E-state index contributed by atoms with van der Waals surface area (Å²) in [5, 5.41) is 6.18. The second kappa shape index (κ2) is 4.31. The van der Waals surface area contributed by atoms with Gasteiger partial charge in [0.1, 0.15) is 5.82 Å². The third kappa shape index (κ3) is 2.34. The molecule has 4 nitrogen and oxygen atoms in total. The first-order chi connectivity index (χ1) is 6.25. The van der Waals surface area contributed by atoms with Crippen molar-refractivity contribution in [1.29, 1.82) is 0 Å². The van der Waals surface area contributed by atoms with Gasteiger partial charge in [-0.15, -0.1) is 11.8 Å². The third-order valence-corrected chi connectivity index (χ3v) is 1.62. The van der Waals surface area contributed by atoms with Crippen LogP contribution in [0, 0.1) is 11.8 Å². The average Bonchev–Trinajstić information content (AvgIpc) is 2.52. The standard InChI is InChI=1S/C9H11N3O/c1-2-3-4-5-8(13)7-6-11-12-9(7)10/h6H,4-5H2,1H3,(H3,10,11,12). The molecular weight excluding hydrogens is 166 g/mol. The van der Waals surface area contributed by atoms with Crippen LogP contribution in [-0.4, -0.2) is 16.0 Å². The van der Waals surface area contributed by atoms with Crippen molar-refractivity contribution in [3.63, 3.8) is 0 Å². The summed E-state index contributed by atoms with van der Waals surface area (Å²) < 4.78 is 0. The van der Waals surface area contributed by atoms with Crippen molar-refractivity contribution >= 4 is 11.6 Å². The number of anilines is 1. The normalized spacial score (nSPS) is 9.00. The van der Waals surface area contributed by atoms with Crippen LogP contribution < -0.4 is 5.73 Å². The van der Waals surface area contributed by atoms with Crippen LogP contribution in [-0.2, 0) is 0 Å². The monoisotopic (exact) mass is 177 g/mol. The van der Waals surface area contributed by atoms with Crippen LogP contribution in [0.15, 0.2) is 6.20 Å². The molecule has 4 heteroatoms. The molecule has 1 aromatic rings. The maximum atomic E-state index is 11.4. The number of aromatic nitrogens is 2. The van der Waals surface area contributed by atoms with Crippen molar-refractivity contribution in [1.82, 2.24) is 10.2 Å². The zero-order valence-corrected chi connectivity index (χ0v) is 7.42. The number of Topliss-reactive ketones (excluding diaryl/α,β-unsaturated/α-hetero) is 1. The number of H-pyrrole nitrogens is 1. The maximum Gasteiger partial charge on any atom is 0.169 e. The molecule has 0 atom stereocenters. The van der Waals surface area contributed by atoms with Gasteiger partial charge < -0.3 is 5.73 Å². The van der Waals surface area contributed by atoms with Crippen LogP contribution >= 0.6 is 0 Å². The molecular formula is C9H11N3O. The minimum Gasteiger partial charge on any atom is -0.383 e. The van der Waals surface area contributed by atoms with E-state index in [1.54, 1.807) is 6.92 Å². The van der Waals surface area contributed by atoms with Gasteiger partial charge in [0.05, 0.1) is 11.8 Å². The summed E-state index contributed by atoms with van der Waals surface area (Å²) in [6, 6.07) is 0. The molecule has 1 aromatic heterocycles. The lowest BCUT2D eigenvalue weighted by Crippen LogP contribution is -2.00. The molecule has 1 rings (SSSR count). The molecule has 13 heavy (non-hydrogen) atoms. The molecule has 0 spiro atoms. The lowest BCUT2D eigenvalue weighted by atomic mass is 10.1. The van der Waals surface area contributed by atoms with Crippen molar-refractivity contribution in [2.45, 2.75) is 19.8 Å². The highest BCUT2D eigenvalue weighted by molar-refractivity contribution is 5.99. The fourth-order valence-corrected chi connectivity index (χ4v) is 0.954. The number of carbonyl (C=O) groups excluding carboxylic acids is 1. The molecule has 0 aliphatic heterocycles. The van der Waals surface area contributed by atoms with E-state index in [-0.39, 0.29) is 5.78 Å². The van der Waals surface area contributed by atoms with Crippen LogP contribution in [0.3, 0.4) is 0 Å². The van der Waals surface area contributed by atoms with Crippen LogP contribution in [0.5, 0.6) is 0 Å². The van der Waals surface area contributed by atoms with E-state index < -0.39 is 0 Å². The highest BCUT2D eigenvalue weighted by atomic mass is 16.1. The number of hydrogen-bond donors (Lipinski definition) is 2. The van der Waals surface area contributed by atoms with Gasteiger partial charge in [0.15, 0.2) is 5.78 Å². The Hall–Kier alpha value is -1.76. The molecule has 0 fully saturated rings. The zero-order chi connectivity index (χ0) is 9.68. The Morgan fingerprint density at radius 2 is 2.54 bits per heavy atom. The third-order valence-electron chi connectivity index (χ3n) is 1.62. The number of nitrogens with zero attached hydrogens (tertiary/aromatic N) is 1. The fourth-order valence-electron chi connectivity index (χ4n) is 0.954. The lowest BCUT2D eigenvalue weighted by molar-refractivity contribution is 0.0985. The molecule has 1 heterocycles. The fraction of sp³-hybridized carbons (Fsp3) is 0.333. The Bertz CT molecular complexity index is 356. The van der Waals surface area contributed by atoms with E-state index in [1.165, 1.54) is 6.20 Å². The Kier molecular flexibility index (Phi) is 3.09. The minimum absolute atomic E-state index is 0.0194. The molecule has 0 saturated carbocycles. The van der Waals surface area contributed by atoms with Crippen molar-refractivity contribution in [3.05, 3.63) is 11.8 Å². The summed E-state index contributed by atoms with van der Waals surface area (Å²) in [4.78, 5) is 11.4. The van der Waals surface area contributed by atoms with Crippen molar-refractivity contribution < 1.29 is 4.79 Å². The maximum absolute atomic E-state index is 11.4. The van der Waals surface area contributed by atoms with Gasteiger partial charge in [-0.1, -0.05) is 0 Å². The lowest BCUT2D eigenvalue weighted by Gasteiger charge is -1.94. The highest BCUT2D eigenvalue weighted by Gasteiger charge is 2.09. The first-order valence-electron chi connectivity index (χ1n) is 3.97. The van der Waals surface area contributed by atoms with Gasteiger partial charge >= 0.3 is 0 Å². The first-order valence-corrected chi connectivity index (χ1v) is 3.97. The van der Waals surface area contributed by atoms with E-state index in [0.717, 1.165) is 0 Å². The number of carbonyl (C=O) groups is 1. The summed E-state index contributed by atoms with van der Waals surface area (Å²) in [6.07, 6.45) is 2.40. The van der Waals surface area contributed by atoms with Gasteiger partial charge in [-0.3, -0.25) is 9.89 Å². The zero-order valence-electron chi connectivity index (χ0n) is 7.42. The molecule has 0 aromatic carbocycles. The molecule has 0 unspecified atom stereocenters. The summed E-state index contributed by atoms with van der Waals surface area (Å²) in [5.74, 6) is 5.85. The number of hydrogen-bond acceptors (Lipinski definition) is 3. The molecule has 0 amide bonds. The van der Waals surface area contributed by atoms with Crippen LogP contribution in [0.2, 0.25) is 0 Å². The van der Waals surface area contributed by atoms with Gasteiger partial charge in [-0.2, -0.15) is 5.10 Å². The molecule has 0 radical (unpaired) electrons. The minimum atomic E-state index is -0.0194. The van der Waals surface area contributed by atoms with Gasteiger partial charge in [0.2, 0.25) is 0 Å². The molecule has 0 saturated heterocycles. The number of nitrogen functional groups attached to an aromatic ring is 1. The van der Waals surface area contributed by atoms with E-state index in [4.69, 9.17) is 5.73 Å². The Morgan fingerprint density at radius 1 is 1.77 bits per heavy atom. The van der Waals surface area contributed by atoms with Crippen molar-refractivity contribution in [3.8, 4) is 11.8 Å². The van der Waals surface area contributed by atoms with Gasteiger partial charge in [-0.25, -0.2) is 0 Å². The number of ketones is 1. The van der Waals surface area contributed by atoms with E-state index in [0.29, 0.717) is 24.2 Å². The van der Waals surface area contributed by atoms with E-state index in [2.05, 4.69) is 22.0 Å². The van der Waals surface area contributed by atoms with E-state index >= 15 is 0 Å². The van der Waals surface area contributed by atoms with Crippen molar-refractivity contribution in [2.75, 3.05) is 5.73 Å².